The molecule has 0 aromatic heterocycles. The van der Waals surface area contributed by atoms with E-state index in [-0.39, 0.29) is 0 Å². The third kappa shape index (κ3) is 4.54. The Balaban J connectivity index is 1.39. The summed E-state index contributed by atoms with van der Waals surface area (Å²) < 4.78 is 5.48. The van der Waals surface area contributed by atoms with E-state index in [1.807, 2.05) is 0 Å². The van der Waals surface area contributed by atoms with E-state index in [2.05, 4.69) is 33.7 Å². The van der Waals surface area contributed by atoms with Gasteiger partial charge in [0.1, 0.15) is 0 Å². The van der Waals surface area contributed by atoms with Crippen LogP contribution in [0.15, 0.2) is 0 Å². The van der Waals surface area contributed by atoms with Gasteiger partial charge in [0.25, 0.3) is 0 Å². The van der Waals surface area contributed by atoms with Crippen molar-refractivity contribution in [1.29, 1.82) is 0 Å². The maximum absolute atomic E-state index is 5.48. The molecule has 0 radical (unpaired) electrons. The van der Waals surface area contributed by atoms with E-state index < -0.39 is 0 Å². The zero-order chi connectivity index (χ0) is 13.6. The largest absolute Gasteiger partial charge is 0.381 e. The van der Waals surface area contributed by atoms with Gasteiger partial charge >= 0.3 is 0 Å². The van der Waals surface area contributed by atoms with Crippen molar-refractivity contribution >= 4 is 23.5 Å². The van der Waals surface area contributed by atoms with Crippen molar-refractivity contribution < 1.29 is 4.74 Å². The van der Waals surface area contributed by atoms with Gasteiger partial charge in [-0.3, -0.25) is 0 Å². The summed E-state index contributed by atoms with van der Waals surface area (Å²) in [5.74, 6) is 5.30. The van der Waals surface area contributed by atoms with Crippen LogP contribution < -0.4 is 5.32 Å². The molecule has 0 bridgehead atoms. The fourth-order valence-electron chi connectivity index (χ4n) is 3.53. The molecule has 20 heavy (non-hydrogen) atoms. The van der Waals surface area contributed by atoms with E-state index in [0.29, 0.717) is 0 Å². The lowest BCUT2D eigenvalue weighted by Gasteiger charge is -2.40. The Morgan fingerprint density at radius 3 is 2.15 bits per heavy atom. The van der Waals surface area contributed by atoms with Gasteiger partial charge in [0.2, 0.25) is 0 Å². The molecular weight excluding hydrogens is 288 g/mol. The highest BCUT2D eigenvalue weighted by atomic mass is 32.2. The molecule has 0 unspecified atom stereocenters. The number of nitrogens with one attached hydrogen (secondary N) is 1. The second kappa shape index (κ2) is 8.28. The fraction of sp³-hybridized carbons (Fsp3) is 1.00. The Morgan fingerprint density at radius 1 is 0.850 bits per heavy atom. The van der Waals surface area contributed by atoms with Crippen molar-refractivity contribution in [2.24, 2.45) is 0 Å². The number of likely N-dealkylation sites (tertiary alicyclic amines) is 1. The third-order valence-electron chi connectivity index (χ3n) is 4.72. The van der Waals surface area contributed by atoms with Crippen molar-refractivity contribution in [2.75, 3.05) is 49.3 Å². The number of thioether (sulfide) groups is 2. The second-order valence-electron chi connectivity index (χ2n) is 6.17. The summed E-state index contributed by atoms with van der Waals surface area (Å²) in [6, 6.07) is 2.30. The van der Waals surface area contributed by atoms with Crippen LogP contribution in [0.3, 0.4) is 0 Å². The Labute approximate surface area is 132 Å². The molecule has 3 aliphatic rings. The smallest absolute Gasteiger partial charge is 0.0480 e. The predicted octanol–water partition coefficient (Wildman–Crippen LogP) is 2.07. The highest BCUT2D eigenvalue weighted by Crippen LogP contribution is 2.22. The van der Waals surface area contributed by atoms with Crippen LogP contribution in [-0.4, -0.2) is 72.3 Å². The number of piperidine rings is 1. The van der Waals surface area contributed by atoms with E-state index in [9.17, 15) is 0 Å². The molecule has 0 aromatic rings. The average Bonchev–Trinajstić information content (AvgIpc) is 2.78. The van der Waals surface area contributed by atoms with Crippen LogP contribution in [0.1, 0.15) is 25.7 Å². The molecule has 0 spiro atoms. The molecule has 5 heteroatoms. The normalized spacial score (nSPS) is 29.4. The molecule has 3 fully saturated rings. The maximum atomic E-state index is 5.48. The maximum Gasteiger partial charge on any atom is 0.0480 e. The molecule has 3 rings (SSSR count). The van der Waals surface area contributed by atoms with Gasteiger partial charge in [-0.1, -0.05) is 0 Å². The van der Waals surface area contributed by atoms with Crippen LogP contribution in [0.25, 0.3) is 0 Å². The number of hydrogen-bond acceptors (Lipinski definition) is 5. The van der Waals surface area contributed by atoms with Crippen molar-refractivity contribution in [3.63, 3.8) is 0 Å². The quantitative estimate of drug-likeness (QED) is 0.859. The molecule has 0 amide bonds. The highest BCUT2D eigenvalue weighted by molar-refractivity contribution is 8.03. The van der Waals surface area contributed by atoms with E-state index in [4.69, 9.17) is 4.74 Å². The Morgan fingerprint density at radius 2 is 1.50 bits per heavy atom. The third-order valence-corrected chi connectivity index (χ3v) is 7.24. The zero-order valence-corrected chi connectivity index (χ0v) is 14.0. The summed E-state index contributed by atoms with van der Waals surface area (Å²) in [5, 5.41) is 3.93. The van der Waals surface area contributed by atoms with Crippen molar-refractivity contribution in [3.05, 3.63) is 0 Å². The first-order valence-corrected chi connectivity index (χ1v) is 10.5. The fourth-order valence-corrected chi connectivity index (χ4v) is 5.95. The molecular formula is C15H28N2OS2. The van der Waals surface area contributed by atoms with E-state index in [1.165, 1.54) is 61.8 Å². The minimum absolute atomic E-state index is 0.743. The summed E-state index contributed by atoms with van der Waals surface area (Å²) in [6.45, 7) is 4.52. The second-order valence-corrected chi connectivity index (χ2v) is 8.47. The molecule has 0 saturated carbocycles. The van der Waals surface area contributed by atoms with Gasteiger partial charge in [0, 0.05) is 54.4 Å². The standard InChI is InChI=1S/C15H28N2OS2/c1-5-17(15-3-7-18-8-4-15)6-2-13(1)16-14-11-19-9-10-20-12-14/h13-16H,1-12H2. The number of nitrogens with zero attached hydrogens (tertiary/aromatic N) is 1. The number of rotatable bonds is 3. The SMILES string of the molecule is C1CC(N2CCC(NC3CSCCSC3)CC2)CCO1. The summed E-state index contributed by atoms with van der Waals surface area (Å²) >= 11 is 4.26. The summed E-state index contributed by atoms with van der Waals surface area (Å²) in [6.07, 6.45) is 5.16. The molecule has 0 aliphatic carbocycles. The minimum Gasteiger partial charge on any atom is -0.381 e. The Hall–Kier alpha value is 0.580. The first-order chi connectivity index (χ1) is 9.92. The minimum atomic E-state index is 0.743. The van der Waals surface area contributed by atoms with Crippen LogP contribution in [-0.2, 0) is 4.74 Å². The molecule has 3 heterocycles. The average molecular weight is 317 g/mol. The summed E-state index contributed by atoms with van der Waals surface area (Å²) in [7, 11) is 0. The van der Waals surface area contributed by atoms with Gasteiger partial charge in [-0.25, -0.2) is 0 Å². The molecule has 3 aliphatic heterocycles. The van der Waals surface area contributed by atoms with Crippen LogP contribution >= 0.6 is 23.5 Å². The zero-order valence-electron chi connectivity index (χ0n) is 12.4. The lowest BCUT2D eigenvalue weighted by atomic mass is 9.99. The van der Waals surface area contributed by atoms with E-state index in [1.54, 1.807) is 0 Å². The van der Waals surface area contributed by atoms with Gasteiger partial charge in [0.05, 0.1) is 0 Å². The topological polar surface area (TPSA) is 24.5 Å². The predicted molar refractivity (Wildman–Crippen MR) is 90.0 cm³/mol. The Bertz CT molecular complexity index is 271. The molecule has 0 aromatic carbocycles. The lowest BCUT2D eigenvalue weighted by Crippen LogP contribution is -2.50. The summed E-state index contributed by atoms with van der Waals surface area (Å²) in [4.78, 5) is 2.72. The van der Waals surface area contributed by atoms with Crippen molar-refractivity contribution in [2.45, 2.75) is 43.8 Å². The van der Waals surface area contributed by atoms with E-state index in [0.717, 1.165) is 31.3 Å². The first kappa shape index (κ1) is 15.5. The van der Waals surface area contributed by atoms with Crippen LogP contribution in [0.4, 0.5) is 0 Å². The van der Waals surface area contributed by atoms with Gasteiger partial charge in [-0.2, -0.15) is 23.5 Å². The molecule has 3 nitrogen and oxygen atoms in total. The molecule has 0 atom stereocenters. The van der Waals surface area contributed by atoms with Crippen molar-refractivity contribution in [3.8, 4) is 0 Å². The Kier molecular flexibility index (Phi) is 6.40. The first-order valence-electron chi connectivity index (χ1n) is 8.15. The van der Waals surface area contributed by atoms with Crippen LogP contribution in [0.2, 0.25) is 0 Å². The number of ether oxygens (including phenoxy) is 1. The molecule has 1 N–H and O–H groups in total. The molecule has 3 saturated heterocycles. The van der Waals surface area contributed by atoms with E-state index >= 15 is 0 Å². The highest BCUT2D eigenvalue weighted by Gasteiger charge is 2.27. The van der Waals surface area contributed by atoms with Gasteiger partial charge in [-0.05, 0) is 38.8 Å². The van der Waals surface area contributed by atoms with Crippen LogP contribution in [0.5, 0.6) is 0 Å². The lowest BCUT2D eigenvalue weighted by molar-refractivity contribution is 0.0236. The van der Waals surface area contributed by atoms with Crippen LogP contribution in [0, 0.1) is 0 Å². The van der Waals surface area contributed by atoms with Crippen molar-refractivity contribution in [1.82, 2.24) is 10.2 Å². The number of hydrogen-bond donors (Lipinski definition) is 1. The van der Waals surface area contributed by atoms with Gasteiger partial charge in [-0.15, -0.1) is 0 Å². The molecule has 116 valence electrons. The van der Waals surface area contributed by atoms with Gasteiger partial charge < -0.3 is 15.0 Å². The monoisotopic (exact) mass is 316 g/mol. The summed E-state index contributed by atoms with van der Waals surface area (Å²) in [5.41, 5.74) is 0. The van der Waals surface area contributed by atoms with Gasteiger partial charge in [0.15, 0.2) is 0 Å².